The van der Waals surface area contributed by atoms with Crippen molar-refractivity contribution in [2.24, 2.45) is 0 Å². The van der Waals surface area contributed by atoms with Gasteiger partial charge in [-0.15, -0.1) is 11.3 Å². The van der Waals surface area contributed by atoms with Gasteiger partial charge in [0.25, 0.3) is 5.91 Å². The second-order valence-corrected chi connectivity index (χ2v) is 8.27. The van der Waals surface area contributed by atoms with Gasteiger partial charge in [0, 0.05) is 37.3 Å². The van der Waals surface area contributed by atoms with Crippen LogP contribution in [0.5, 0.6) is 0 Å². The normalized spacial score (nSPS) is 28.2. The van der Waals surface area contributed by atoms with Crippen molar-refractivity contribution in [3.63, 3.8) is 0 Å². The van der Waals surface area contributed by atoms with Gasteiger partial charge in [-0.2, -0.15) is 0 Å². The number of rotatable bonds is 3. The molecule has 3 saturated heterocycles. The molecule has 0 aromatic carbocycles. The summed E-state index contributed by atoms with van der Waals surface area (Å²) in [5.41, 5.74) is 0.451. The molecule has 0 aliphatic carbocycles. The van der Waals surface area contributed by atoms with E-state index in [2.05, 4.69) is 15.6 Å². The van der Waals surface area contributed by atoms with Crippen LogP contribution in [0, 0.1) is 0 Å². The van der Waals surface area contributed by atoms with Crippen LogP contribution >= 0.6 is 11.3 Å². The van der Waals surface area contributed by atoms with Crippen LogP contribution in [0.2, 0.25) is 0 Å². The van der Waals surface area contributed by atoms with Gasteiger partial charge in [-0.1, -0.05) is 0 Å². The van der Waals surface area contributed by atoms with E-state index in [9.17, 15) is 9.59 Å². The summed E-state index contributed by atoms with van der Waals surface area (Å²) in [6.45, 7) is 0.781. The molecule has 2 aromatic heterocycles. The Hall–Kier alpha value is -1.99. The number of pyridine rings is 1. The predicted octanol–water partition coefficient (Wildman–Crippen LogP) is 2.05. The molecule has 5 rings (SSSR count). The summed E-state index contributed by atoms with van der Waals surface area (Å²) in [6.07, 6.45) is 6.65. The van der Waals surface area contributed by atoms with Crippen LogP contribution in [-0.4, -0.2) is 41.5 Å². The highest BCUT2D eigenvalue weighted by atomic mass is 32.1. The average molecular weight is 356 g/mol. The number of nitrogens with one attached hydrogen (secondary N) is 2. The maximum Gasteiger partial charge on any atom is 0.270 e. The molecule has 0 unspecified atom stereocenters. The first kappa shape index (κ1) is 15.3. The van der Waals surface area contributed by atoms with E-state index >= 15 is 0 Å². The van der Waals surface area contributed by atoms with E-state index in [0.717, 1.165) is 40.9 Å². The highest BCUT2D eigenvalue weighted by Gasteiger charge is 2.39. The summed E-state index contributed by atoms with van der Waals surface area (Å²) >= 11 is 1.56. The number of fused-ring (bicyclic) bond motifs is 3. The lowest BCUT2D eigenvalue weighted by molar-refractivity contribution is -0.117. The van der Waals surface area contributed by atoms with Crippen molar-refractivity contribution in [3.8, 4) is 0 Å². The molecule has 130 valence electrons. The molecule has 0 spiro atoms. The average Bonchev–Trinajstić information content (AvgIpc) is 3.37. The Morgan fingerprint density at radius 1 is 1.36 bits per heavy atom. The largest absolute Gasteiger partial charge is 0.346 e. The Bertz CT molecular complexity index is 864. The van der Waals surface area contributed by atoms with Crippen LogP contribution in [-0.2, 0) is 4.79 Å². The molecule has 2 bridgehead atoms. The van der Waals surface area contributed by atoms with E-state index in [0.29, 0.717) is 24.2 Å². The Kier molecular flexibility index (Phi) is 3.53. The Balaban J connectivity index is 1.36. The van der Waals surface area contributed by atoms with Crippen LogP contribution in [0.15, 0.2) is 18.3 Å². The fraction of sp³-hybridized carbons (Fsp3) is 0.500. The van der Waals surface area contributed by atoms with Gasteiger partial charge >= 0.3 is 0 Å². The van der Waals surface area contributed by atoms with Gasteiger partial charge in [0.2, 0.25) is 5.91 Å². The second kappa shape index (κ2) is 5.78. The van der Waals surface area contributed by atoms with Crippen LogP contribution in [0.4, 0.5) is 5.00 Å². The zero-order valence-corrected chi connectivity index (χ0v) is 14.6. The third kappa shape index (κ3) is 2.62. The highest BCUT2D eigenvalue weighted by Crippen LogP contribution is 2.34. The summed E-state index contributed by atoms with van der Waals surface area (Å²) in [4.78, 5) is 30.7. The molecular weight excluding hydrogens is 336 g/mol. The fourth-order valence-electron chi connectivity index (χ4n) is 4.30. The Labute approximate surface area is 149 Å². The maximum absolute atomic E-state index is 12.6. The summed E-state index contributed by atoms with van der Waals surface area (Å²) in [6, 6.07) is 5.02. The van der Waals surface area contributed by atoms with Crippen molar-refractivity contribution in [3.05, 3.63) is 24.0 Å². The number of thiophene rings is 1. The molecule has 3 aliphatic rings. The molecule has 2 amide bonds. The maximum atomic E-state index is 12.6. The molecule has 5 heterocycles. The number of amides is 2. The summed E-state index contributed by atoms with van der Waals surface area (Å²) in [5, 5.41) is 8.60. The van der Waals surface area contributed by atoms with E-state index in [1.54, 1.807) is 17.5 Å². The lowest BCUT2D eigenvalue weighted by Gasteiger charge is -2.21. The molecule has 25 heavy (non-hydrogen) atoms. The molecule has 7 heteroatoms. The van der Waals surface area contributed by atoms with E-state index in [-0.39, 0.29) is 17.9 Å². The first-order valence-electron chi connectivity index (χ1n) is 8.94. The van der Waals surface area contributed by atoms with Crippen molar-refractivity contribution >= 4 is 38.2 Å². The predicted molar refractivity (Wildman–Crippen MR) is 97.0 cm³/mol. The number of carbonyl (C=O) groups is 2. The van der Waals surface area contributed by atoms with Crippen LogP contribution in [0.1, 0.15) is 42.6 Å². The topological polar surface area (TPSA) is 74.3 Å². The molecule has 2 N–H and O–H groups in total. The second-order valence-electron chi connectivity index (χ2n) is 7.20. The van der Waals surface area contributed by atoms with Crippen molar-refractivity contribution in [2.45, 2.75) is 50.2 Å². The molecule has 0 radical (unpaired) electrons. The third-order valence-electron chi connectivity index (χ3n) is 5.58. The number of aromatic nitrogens is 1. The molecule has 3 fully saturated rings. The molecule has 3 atom stereocenters. The van der Waals surface area contributed by atoms with Gasteiger partial charge in [-0.25, -0.2) is 4.98 Å². The van der Waals surface area contributed by atoms with E-state index in [4.69, 9.17) is 0 Å². The summed E-state index contributed by atoms with van der Waals surface area (Å²) in [7, 11) is 0. The molecule has 3 aliphatic heterocycles. The molecule has 2 aromatic rings. The minimum atomic E-state index is -0.105. The first-order valence-corrected chi connectivity index (χ1v) is 9.76. The van der Waals surface area contributed by atoms with Crippen molar-refractivity contribution in [1.29, 1.82) is 0 Å². The summed E-state index contributed by atoms with van der Waals surface area (Å²) in [5.74, 6) is 0.0764. The number of anilines is 1. The fourth-order valence-corrected chi connectivity index (χ4v) is 5.35. The zero-order valence-electron chi connectivity index (χ0n) is 13.8. The lowest BCUT2D eigenvalue weighted by atomic mass is 9.95. The number of carbonyl (C=O) groups excluding carboxylic acids is 2. The van der Waals surface area contributed by atoms with E-state index < -0.39 is 0 Å². The molecular formula is C18H20N4O2S. The van der Waals surface area contributed by atoms with Gasteiger partial charge in [0.1, 0.15) is 5.69 Å². The van der Waals surface area contributed by atoms with Gasteiger partial charge in [-0.3, -0.25) is 9.59 Å². The zero-order chi connectivity index (χ0) is 17.0. The van der Waals surface area contributed by atoms with Crippen molar-refractivity contribution in [2.75, 3.05) is 11.4 Å². The quantitative estimate of drug-likeness (QED) is 0.883. The lowest BCUT2D eigenvalue weighted by Crippen LogP contribution is -2.43. The number of hydrogen-bond acceptors (Lipinski definition) is 5. The number of nitrogens with zero attached hydrogens (tertiary/aromatic N) is 2. The van der Waals surface area contributed by atoms with Gasteiger partial charge < -0.3 is 15.5 Å². The van der Waals surface area contributed by atoms with Gasteiger partial charge in [0.05, 0.1) is 9.70 Å². The SMILES string of the molecule is O=C(N[C@@H]1C[C@H]2CC[C@@H]1N2)c1cc2cc(N3CCCC3=O)sc2cn1. The molecule has 0 saturated carbocycles. The van der Waals surface area contributed by atoms with Crippen LogP contribution in [0.3, 0.4) is 0 Å². The smallest absolute Gasteiger partial charge is 0.270 e. The van der Waals surface area contributed by atoms with Crippen LogP contribution < -0.4 is 15.5 Å². The third-order valence-corrected chi connectivity index (χ3v) is 6.69. The minimum Gasteiger partial charge on any atom is -0.346 e. The van der Waals surface area contributed by atoms with E-state index in [1.165, 1.54) is 6.42 Å². The van der Waals surface area contributed by atoms with Crippen LogP contribution in [0.25, 0.3) is 10.1 Å². The summed E-state index contributed by atoms with van der Waals surface area (Å²) < 4.78 is 1.01. The highest BCUT2D eigenvalue weighted by molar-refractivity contribution is 7.23. The molecule has 6 nitrogen and oxygen atoms in total. The van der Waals surface area contributed by atoms with Gasteiger partial charge in [-0.05, 0) is 43.2 Å². The Morgan fingerprint density at radius 3 is 3.00 bits per heavy atom. The van der Waals surface area contributed by atoms with Crippen molar-refractivity contribution < 1.29 is 9.59 Å². The monoisotopic (exact) mass is 356 g/mol. The number of hydrogen-bond donors (Lipinski definition) is 2. The van der Waals surface area contributed by atoms with E-state index in [1.807, 2.05) is 17.0 Å². The Morgan fingerprint density at radius 2 is 2.28 bits per heavy atom. The van der Waals surface area contributed by atoms with Gasteiger partial charge in [0.15, 0.2) is 0 Å². The first-order chi connectivity index (χ1) is 12.2. The minimum absolute atomic E-state index is 0.105. The van der Waals surface area contributed by atoms with Crippen molar-refractivity contribution in [1.82, 2.24) is 15.6 Å². The standard InChI is InChI=1S/C18H20N4O2S/c23-16-2-1-5-22(16)17-7-10-6-14(19-9-15(10)25-17)18(24)21-13-8-11-3-4-12(13)20-11/h6-7,9,11-13,20H,1-5,8H2,(H,21,24)/t11-,12+,13-/m1/s1.